The number of hydrogen-bond donors (Lipinski definition) is 2. The predicted molar refractivity (Wildman–Crippen MR) is 88.1 cm³/mol. The molecule has 0 unspecified atom stereocenters. The number of aliphatic hydroxyl groups excluding tert-OH is 1. The largest absolute Gasteiger partial charge is 0.441 e. The molecule has 7 nitrogen and oxygen atoms in total. The van der Waals surface area contributed by atoms with Crippen LogP contribution < -0.4 is 5.32 Å². The van der Waals surface area contributed by atoms with Gasteiger partial charge in [-0.3, -0.25) is 14.5 Å². The molecule has 0 fully saturated rings. The number of amides is 2. The first kappa shape index (κ1) is 16.2. The molecule has 0 atom stereocenters. The van der Waals surface area contributed by atoms with Crippen LogP contribution in [0.25, 0.3) is 11.1 Å². The first-order valence-corrected chi connectivity index (χ1v) is 7.98. The van der Waals surface area contributed by atoms with Gasteiger partial charge in [0.2, 0.25) is 0 Å². The van der Waals surface area contributed by atoms with Crippen molar-refractivity contribution in [3.63, 3.8) is 0 Å². The number of imide groups is 1. The fourth-order valence-corrected chi connectivity index (χ4v) is 2.59. The second kappa shape index (κ2) is 6.84. The van der Waals surface area contributed by atoms with Crippen LogP contribution in [-0.2, 0) is 16.0 Å². The molecule has 1 aromatic carbocycles. The zero-order chi connectivity index (χ0) is 17.1. The summed E-state index contributed by atoms with van der Waals surface area (Å²) in [5, 5.41) is 11.9. The van der Waals surface area contributed by atoms with Crippen molar-refractivity contribution < 1.29 is 19.1 Å². The molecule has 0 saturated carbocycles. The summed E-state index contributed by atoms with van der Waals surface area (Å²) < 4.78 is 5.72. The number of aliphatic hydroxyl groups is 1. The predicted octanol–water partition coefficient (Wildman–Crippen LogP) is 1.83. The number of fused-ring (bicyclic) bond motifs is 1. The molecular formula is C17H19N3O4. The zero-order valence-electron chi connectivity index (χ0n) is 13.4. The summed E-state index contributed by atoms with van der Waals surface area (Å²) in [4.78, 5) is 29.5. The van der Waals surface area contributed by atoms with Gasteiger partial charge in [0.1, 0.15) is 11.2 Å². The fraction of sp³-hybridized carbons (Fsp3) is 0.353. The highest BCUT2D eigenvalue weighted by Gasteiger charge is 2.31. The van der Waals surface area contributed by atoms with Crippen molar-refractivity contribution in [3.05, 3.63) is 35.9 Å². The van der Waals surface area contributed by atoms with E-state index in [1.165, 1.54) is 6.08 Å². The number of carbonyl (C=O) groups excluding carboxylic acids is 2. The molecule has 1 aromatic heterocycles. The Morgan fingerprint density at radius 3 is 2.92 bits per heavy atom. The van der Waals surface area contributed by atoms with Gasteiger partial charge in [0.15, 0.2) is 11.5 Å². The number of β-amino-alcohol motifs (C(OH)–C–C–N with tert-alkyl or cyclic N) is 1. The van der Waals surface area contributed by atoms with Crippen LogP contribution in [0.1, 0.15) is 25.7 Å². The Bertz CT molecular complexity index is 809. The summed E-state index contributed by atoms with van der Waals surface area (Å²) in [6.07, 6.45) is 4.03. The van der Waals surface area contributed by atoms with Gasteiger partial charge in [-0.1, -0.05) is 19.4 Å². The van der Waals surface area contributed by atoms with Crippen molar-refractivity contribution in [3.8, 4) is 0 Å². The Balaban J connectivity index is 1.85. The van der Waals surface area contributed by atoms with Crippen LogP contribution in [0.5, 0.6) is 0 Å². The summed E-state index contributed by atoms with van der Waals surface area (Å²) in [7, 11) is 0. The van der Waals surface area contributed by atoms with Crippen molar-refractivity contribution >= 4 is 28.6 Å². The minimum absolute atomic E-state index is 0.0192. The number of carbonyl (C=O) groups is 2. The van der Waals surface area contributed by atoms with Crippen LogP contribution in [0.2, 0.25) is 0 Å². The maximum absolute atomic E-state index is 12.2. The van der Waals surface area contributed by atoms with Crippen molar-refractivity contribution in [1.82, 2.24) is 9.88 Å². The lowest BCUT2D eigenvalue weighted by Gasteiger charge is -2.13. The lowest BCUT2D eigenvalue weighted by molar-refractivity contribution is -0.137. The number of anilines is 1. The van der Waals surface area contributed by atoms with Gasteiger partial charge < -0.3 is 14.8 Å². The lowest BCUT2D eigenvalue weighted by Crippen LogP contribution is -2.34. The Kier molecular flexibility index (Phi) is 4.61. The minimum Gasteiger partial charge on any atom is -0.441 e. The maximum atomic E-state index is 12.2. The molecule has 0 radical (unpaired) electrons. The number of nitrogens with zero attached hydrogens (tertiary/aromatic N) is 2. The first-order chi connectivity index (χ1) is 11.6. The third-order valence-electron chi connectivity index (χ3n) is 3.81. The highest BCUT2D eigenvalue weighted by Crippen LogP contribution is 2.26. The Morgan fingerprint density at radius 1 is 1.33 bits per heavy atom. The van der Waals surface area contributed by atoms with E-state index in [0.717, 1.165) is 24.2 Å². The monoisotopic (exact) mass is 329 g/mol. The minimum atomic E-state index is -0.458. The number of rotatable bonds is 7. The van der Waals surface area contributed by atoms with Gasteiger partial charge in [-0.2, -0.15) is 0 Å². The van der Waals surface area contributed by atoms with Gasteiger partial charge in [-0.05, 0) is 18.6 Å². The fourth-order valence-electron chi connectivity index (χ4n) is 2.59. The quantitative estimate of drug-likeness (QED) is 0.752. The van der Waals surface area contributed by atoms with E-state index < -0.39 is 11.8 Å². The Morgan fingerprint density at radius 2 is 2.17 bits per heavy atom. The summed E-state index contributed by atoms with van der Waals surface area (Å²) in [5.41, 5.74) is 2.04. The first-order valence-electron chi connectivity index (χ1n) is 7.98. The lowest BCUT2D eigenvalue weighted by atomic mass is 10.2. The van der Waals surface area contributed by atoms with E-state index in [1.54, 1.807) is 12.1 Å². The normalized spacial score (nSPS) is 14.6. The Hall–Kier alpha value is -2.67. The van der Waals surface area contributed by atoms with Crippen LogP contribution in [0.4, 0.5) is 5.69 Å². The number of benzene rings is 1. The topological polar surface area (TPSA) is 95.7 Å². The smallest absolute Gasteiger partial charge is 0.277 e. The number of hydrogen-bond acceptors (Lipinski definition) is 6. The van der Waals surface area contributed by atoms with Gasteiger partial charge in [-0.15, -0.1) is 0 Å². The SMILES string of the molecule is CCCCc1nc2c(NC3=CC(=O)N(CCO)C3=O)cccc2o1. The van der Waals surface area contributed by atoms with E-state index in [2.05, 4.69) is 17.2 Å². The van der Waals surface area contributed by atoms with Gasteiger partial charge in [-0.25, -0.2) is 4.98 Å². The van der Waals surface area contributed by atoms with Gasteiger partial charge in [0.05, 0.1) is 18.8 Å². The zero-order valence-corrected chi connectivity index (χ0v) is 13.4. The van der Waals surface area contributed by atoms with E-state index in [4.69, 9.17) is 9.52 Å². The molecule has 2 N–H and O–H groups in total. The highest BCUT2D eigenvalue weighted by atomic mass is 16.3. The molecule has 2 heterocycles. The molecule has 1 aliphatic heterocycles. The molecule has 7 heteroatoms. The average Bonchev–Trinajstić information content (AvgIpc) is 3.10. The summed E-state index contributed by atoms with van der Waals surface area (Å²) >= 11 is 0. The molecule has 0 saturated heterocycles. The summed E-state index contributed by atoms with van der Waals surface area (Å²) in [5.74, 6) is -0.237. The molecule has 0 bridgehead atoms. The number of aromatic nitrogens is 1. The average molecular weight is 329 g/mol. The van der Waals surface area contributed by atoms with E-state index in [0.29, 0.717) is 22.7 Å². The molecule has 2 aromatic rings. The van der Waals surface area contributed by atoms with E-state index in [9.17, 15) is 9.59 Å². The third-order valence-corrected chi connectivity index (χ3v) is 3.81. The second-order valence-electron chi connectivity index (χ2n) is 5.57. The van der Waals surface area contributed by atoms with E-state index >= 15 is 0 Å². The summed E-state index contributed by atoms with van der Waals surface area (Å²) in [6, 6.07) is 5.39. The number of nitrogens with one attached hydrogen (secondary N) is 1. The van der Waals surface area contributed by atoms with Crippen LogP contribution in [-0.4, -0.2) is 40.0 Å². The van der Waals surface area contributed by atoms with Gasteiger partial charge >= 0.3 is 0 Å². The maximum Gasteiger partial charge on any atom is 0.277 e. The number of oxazole rings is 1. The van der Waals surface area contributed by atoms with Gasteiger partial charge in [0, 0.05) is 12.5 Å². The van der Waals surface area contributed by atoms with Crippen LogP contribution in [0.3, 0.4) is 0 Å². The van der Waals surface area contributed by atoms with E-state index in [1.807, 2.05) is 6.07 Å². The molecule has 0 spiro atoms. The van der Waals surface area contributed by atoms with Crippen molar-refractivity contribution in [2.75, 3.05) is 18.5 Å². The molecule has 2 amide bonds. The summed E-state index contributed by atoms with van der Waals surface area (Å²) in [6.45, 7) is 1.82. The number of unbranched alkanes of at least 4 members (excludes halogenated alkanes) is 1. The molecule has 126 valence electrons. The molecule has 1 aliphatic rings. The molecule has 0 aliphatic carbocycles. The van der Waals surface area contributed by atoms with Crippen LogP contribution >= 0.6 is 0 Å². The van der Waals surface area contributed by atoms with E-state index in [-0.39, 0.29) is 18.8 Å². The van der Waals surface area contributed by atoms with Crippen molar-refractivity contribution in [2.24, 2.45) is 0 Å². The molecular weight excluding hydrogens is 310 g/mol. The third kappa shape index (κ3) is 3.03. The number of aryl methyl sites for hydroxylation is 1. The Labute approximate surface area is 139 Å². The van der Waals surface area contributed by atoms with Gasteiger partial charge in [0.25, 0.3) is 11.8 Å². The number of para-hydroxylation sites is 1. The van der Waals surface area contributed by atoms with Crippen LogP contribution in [0.15, 0.2) is 34.4 Å². The van der Waals surface area contributed by atoms with Crippen molar-refractivity contribution in [1.29, 1.82) is 0 Å². The highest BCUT2D eigenvalue weighted by molar-refractivity contribution is 6.17. The second-order valence-corrected chi connectivity index (χ2v) is 5.57. The van der Waals surface area contributed by atoms with Crippen molar-refractivity contribution in [2.45, 2.75) is 26.2 Å². The van der Waals surface area contributed by atoms with Crippen LogP contribution in [0, 0.1) is 0 Å². The molecule has 24 heavy (non-hydrogen) atoms. The standard InChI is InChI=1S/C17H19N3O4/c1-2-3-7-14-19-16-11(5-4-6-13(16)24-14)18-12-10-15(22)20(8-9-21)17(12)23/h4-6,10,18,21H,2-3,7-9H2,1H3. The molecule has 3 rings (SSSR count).